The maximum atomic E-state index is 12.8. The summed E-state index contributed by atoms with van der Waals surface area (Å²) in [5.74, 6) is 6.87. The summed E-state index contributed by atoms with van der Waals surface area (Å²) in [7, 11) is 0. The lowest BCUT2D eigenvalue weighted by Crippen LogP contribution is -2.58. The molecule has 30 heavy (non-hydrogen) atoms. The third-order valence-corrected chi connectivity index (χ3v) is 5.36. The lowest BCUT2D eigenvalue weighted by molar-refractivity contribution is -0.137. The Bertz CT molecular complexity index is 855. The van der Waals surface area contributed by atoms with Crippen molar-refractivity contribution in [2.45, 2.75) is 25.1 Å². The average molecular weight is 421 g/mol. The van der Waals surface area contributed by atoms with Crippen LogP contribution in [0.25, 0.3) is 0 Å². The first-order valence-corrected chi connectivity index (χ1v) is 9.61. The zero-order chi connectivity index (χ0) is 21.9. The maximum absolute atomic E-state index is 12.8. The fourth-order valence-electron chi connectivity index (χ4n) is 3.30. The van der Waals surface area contributed by atoms with Gasteiger partial charge in [0.2, 0.25) is 5.88 Å². The fourth-order valence-corrected chi connectivity index (χ4v) is 3.30. The van der Waals surface area contributed by atoms with E-state index in [-0.39, 0.29) is 23.5 Å². The van der Waals surface area contributed by atoms with Crippen molar-refractivity contribution < 1.29 is 22.6 Å². The average Bonchev–Trinajstić information content (AvgIpc) is 2.69. The number of halogens is 3. The van der Waals surface area contributed by atoms with E-state index in [9.17, 15) is 13.2 Å². The molecule has 1 fully saturated rings. The summed E-state index contributed by atoms with van der Waals surface area (Å²) in [4.78, 5) is 0. The molecular weight excluding hydrogens is 395 g/mol. The number of hydrazine groups is 1. The first-order chi connectivity index (χ1) is 14.1. The van der Waals surface area contributed by atoms with Crippen molar-refractivity contribution in [2.75, 3.05) is 13.2 Å². The molecule has 5 nitrogen and oxygen atoms in total. The minimum Gasteiger partial charge on any atom is -0.440 e. The number of hydrogen-bond donors (Lipinski definition) is 2. The molecule has 1 aliphatic heterocycles. The second-order valence-corrected chi connectivity index (χ2v) is 7.65. The molecule has 162 valence electrons. The summed E-state index contributed by atoms with van der Waals surface area (Å²) in [6, 6.07) is 4.44. The quantitative estimate of drug-likeness (QED) is 0.394. The van der Waals surface area contributed by atoms with Crippen LogP contribution in [-0.4, -0.2) is 23.8 Å². The highest BCUT2D eigenvalue weighted by Gasteiger charge is 2.38. The second kappa shape index (κ2) is 8.67. The van der Waals surface area contributed by atoms with Crippen LogP contribution in [0.5, 0.6) is 5.75 Å². The van der Waals surface area contributed by atoms with Gasteiger partial charge >= 0.3 is 6.18 Å². The highest BCUT2D eigenvalue weighted by Crippen LogP contribution is 2.34. The smallest absolute Gasteiger partial charge is 0.416 e. The van der Waals surface area contributed by atoms with Gasteiger partial charge in [0.25, 0.3) is 0 Å². The predicted octanol–water partition coefficient (Wildman–Crippen LogP) is 4.11. The Morgan fingerprint density at radius 3 is 2.53 bits per heavy atom. The molecule has 1 aromatic carbocycles. The van der Waals surface area contributed by atoms with Crippen LogP contribution in [-0.2, 0) is 10.9 Å². The molecule has 2 aliphatic rings. The minimum absolute atomic E-state index is 0.162. The molecule has 0 saturated carbocycles. The second-order valence-electron chi connectivity index (χ2n) is 7.65. The van der Waals surface area contributed by atoms with Gasteiger partial charge < -0.3 is 15.2 Å². The molecule has 0 radical (unpaired) electrons. The van der Waals surface area contributed by atoms with Crippen LogP contribution in [0.1, 0.15) is 18.9 Å². The number of benzene rings is 1. The number of rotatable bonds is 7. The van der Waals surface area contributed by atoms with Crippen LogP contribution >= 0.6 is 0 Å². The van der Waals surface area contributed by atoms with Gasteiger partial charge in [0.15, 0.2) is 0 Å². The molecule has 2 atom stereocenters. The van der Waals surface area contributed by atoms with Crippen molar-refractivity contribution in [1.82, 2.24) is 5.01 Å². The van der Waals surface area contributed by atoms with E-state index in [0.29, 0.717) is 19.6 Å². The normalized spacial score (nSPS) is 23.4. The van der Waals surface area contributed by atoms with E-state index in [1.165, 1.54) is 23.3 Å². The van der Waals surface area contributed by atoms with Gasteiger partial charge in [-0.1, -0.05) is 31.7 Å². The van der Waals surface area contributed by atoms with Gasteiger partial charge in [-0.3, -0.25) is 5.01 Å². The molecule has 1 saturated heterocycles. The standard InChI is InChI=1S/C22H26F3N3O2/c1-3-28(27)20(30-19-9-7-17(8-10-19)22(23,24)25)11-5-16-12-18(6-4-15(16)2)21(26)13-29-14-21/h3-4,6-12,15-16H,1,5,13-14,26-27H2,2H3/b20-11+. The summed E-state index contributed by atoms with van der Waals surface area (Å²) in [6.45, 7) is 6.72. The van der Waals surface area contributed by atoms with Crippen LogP contribution in [0.2, 0.25) is 0 Å². The molecule has 0 bridgehead atoms. The Morgan fingerprint density at radius 1 is 1.33 bits per heavy atom. The van der Waals surface area contributed by atoms with Crippen LogP contribution < -0.4 is 16.3 Å². The Balaban J connectivity index is 1.75. The van der Waals surface area contributed by atoms with Crippen molar-refractivity contribution in [3.8, 4) is 5.75 Å². The first-order valence-electron chi connectivity index (χ1n) is 9.61. The molecule has 1 heterocycles. The third-order valence-electron chi connectivity index (χ3n) is 5.36. The van der Waals surface area contributed by atoms with Crippen molar-refractivity contribution in [3.63, 3.8) is 0 Å². The number of alkyl halides is 3. The SMILES string of the molecule is C=CN(N)/C(=C\CC1C=C(C2(N)COC2)C=CC1C)Oc1ccc(C(F)(F)F)cc1. The largest absolute Gasteiger partial charge is 0.440 e. The first kappa shape index (κ1) is 22.1. The molecule has 3 rings (SSSR count). The maximum Gasteiger partial charge on any atom is 0.416 e. The van der Waals surface area contributed by atoms with Crippen molar-refractivity contribution >= 4 is 0 Å². The van der Waals surface area contributed by atoms with E-state index >= 15 is 0 Å². The van der Waals surface area contributed by atoms with E-state index < -0.39 is 17.3 Å². The monoisotopic (exact) mass is 421 g/mol. The number of allylic oxidation sites excluding steroid dienone is 3. The fraction of sp³-hybridized carbons (Fsp3) is 0.364. The summed E-state index contributed by atoms with van der Waals surface area (Å²) in [5.41, 5.74) is 6.20. The van der Waals surface area contributed by atoms with Gasteiger partial charge in [-0.05, 0) is 54.2 Å². The van der Waals surface area contributed by atoms with Gasteiger partial charge in [-0.15, -0.1) is 0 Å². The minimum atomic E-state index is -4.40. The van der Waals surface area contributed by atoms with Gasteiger partial charge in [0.05, 0.1) is 24.3 Å². The Labute approximate surface area is 174 Å². The van der Waals surface area contributed by atoms with Gasteiger partial charge in [-0.25, -0.2) is 5.84 Å². The molecule has 0 aromatic heterocycles. The van der Waals surface area contributed by atoms with E-state index in [0.717, 1.165) is 17.7 Å². The lowest BCUT2D eigenvalue weighted by Gasteiger charge is -2.41. The zero-order valence-electron chi connectivity index (χ0n) is 16.7. The van der Waals surface area contributed by atoms with E-state index in [1.54, 1.807) is 6.08 Å². The summed E-state index contributed by atoms with van der Waals surface area (Å²) in [5, 5.41) is 1.19. The van der Waals surface area contributed by atoms with Crippen LogP contribution in [0.3, 0.4) is 0 Å². The predicted molar refractivity (Wildman–Crippen MR) is 109 cm³/mol. The molecular formula is C22H26F3N3O2. The number of ether oxygens (including phenoxy) is 2. The molecule has 8 heteroatoms. The topological polar surface area (TPSA) is 73.7 Å². The van der Waals surface area contributed by atoms with E-state index in [2.05, 4.69) is 25.7 Å². The summed E-state index contributed by atoms with van der Waals surface area (Å²) < 4.78 is 49.2. The van der Waals surface area contributed by atoms with E-state index in [1.807, 2.05) is 6.08 Å². The number of nitrogens with zero attached hydrogens (tertiary/aromatic N) is 1. The molecule has 0 amide bonds. The number of hydrogen-bond acceptors (Lipinski definition) is 5. The molecule has 1 aromatic rings. The Hall–Kier alpha value is -2.55. The van der Waals surface area contributed by atoms with E-state index in [4.69, 9.17) is 21.1 Å². The number of nitrogens with two attached hydrogens (primary N) is 2. The highest BCUT2D eigenvalue weighted by molar-refractivity contribution is 5.37. The molecule has 2 unspecified atom stereocenters. The van der Waals surface area contributed by atoms with Crippen LogP contribution in [0.4, 0.5) is 13.2 Å². The zero-order valence-corrected chi connectivity index (χ0v) is 16.7. The summed E-state index contributed by atoms with van der Waals surface area (Å²) >= 11 is 0. The molecule has 4 N–H and O–H groups in total. The van der Waals surface area contributed by atoms with Gasteiger partial charge in [0, 0.05) is 6.20 Å². The third kappa shape index (κ3) is 4.95. The van der Waals surface area contributed by atoms with Gasteiger partial charge in [-0.2, -0.15) is 13.2 Å². The highest BCUT2D eigenvalue weighted by atomic mass is 19.4. The molecule has 0 spiro atoms. The lowest BCUT2D eigenvalue weighted by atomic mass is 9.78. The Morgan fingerprint density at radius 2 is 2.00 bits per heavy atom. The Kier molecular flexibility index (Phi) is 6.40. The van der Waals surface area contributed by atoms with Crippen molar-refractivity contribution in [2.24, 2.45) is 23.4 Å². The van der Waals surface area contributed by atoms with Gasteiger partial charge in [0.1, 0.15) is 5.75 Å². The van der Waals surface area contributed by atoms with Crippen molar-refractivity contribution in [1.29, 1.82) is 0 Å². The van der Waals surface area contributed by atoms with Crippen LogP contribution in [0.15, 0.2) is 72.8 Å². The summed E-state index contributed by atoms with van der Waals surface area (Å²) in [6.07, 6.45) is 5.67. The van der Waals surface area contributed by atoms with Crippen LogP contribution in [0, 0.1) is 11.8 Å². The molecule has 1 aliphatic carbocycles. The van der Waals surface area contributed by atoms with Crippen molar-refractivity contribution in [3.05, 3.63) is 78.4 Å².